The molecule has 28 heavy (non-hydrogen) atoms. The number of thiophene rings is 2. The van der Waals surface area contributed by atoms with Gasteiger partial charge < -0.3 is 0 Å². The van der Waals surface area contributed by atoms with Gasteiger partial charge in [0.15, 0.2) is 0 Å². The van der Waals surface area contributed by atoms with E-state index in [2.05, 4.69) is 49.6 Å². The molecule has 0 aromatic carbocycles. The van der Waals surface area contributed by atoms with Gasteiger partial charge in [0, 0.05) is 14.6 Å². The van der Waals surface area contributed by atoms with Gasteiger partial charge in [0.1, 0.15) is 0 Å². The Morgan fingerprint density at radius 2 is 1.18 bits per heavy atom. The summed E-state index contributed by atoms with van der Waals surface area (Å²) in [5.41, 5.74) is 3.25. The fraction of sp³-hybridized carbons (Fsp3) is 0.692. The molecule has 0 saturated carbocycles. The summed E-state index contributed by atoms with van der Waals surface area (Å²) in [7, 11) is 0. The van der Waals surface area contributed by atoms with Crippen molar-refractivity contribution in [3.8, 4) is 9.75 Å². The van der Waals surface area contributed by atoms with Crippen molar-refractivity contribution in [2.24, 2.45) is 0 Å². The molecule has 2 heterocycles. The second-order valence-electron chi connectivity index (χ2n) is 8.27. The lowest BCUT2D eigenvalue weighted by molar-refractivity contribution is 0.664. The minimum Gasteiger partial charge on any atom is -0.143 e. The van der Waals surface area contributed by atoms with Crippen LogP contribution in [0, 0.1) is 0 Å². The highest BCUT2D eigenvalue weighted by Crippen LogP contribution is 2.40. The van der Waals surface area contributed by atoms with Crippen LogP contribution in [0.15, 0.2) is 17.5 Å². The standard InChI is InChI=1S/C26H42S2/c1-4-7-10-13-16-22-19-20-27-25(22)26-23(17-14-11-8-5-2)21-24(28-26)18-15-12-9-6-3/h19-21H,4-18H2,1-3H3. The van der Waals surface area contributed by atoms with Gasteiger partial charge in [-0.25, -0.2) is 0 Å². The summed E-state index contributed by atoms with van der Waals surface area (Å²) in [5.74, 6) is 0. The smallest absolute Gasteiger partial charge is 0.0480 e. The van der Waals surface area contributed by atoms with E-state index < -0.39 is 0 Å². The normalized spacial score (nSPS) is 11.4. The molecule has 0 aliphatic rings. The second kappa shape index (κ2) is 14.4. The van der Waals surface area contributed by atoms with E-state index in [1.165, 1.54) is 96.3 Å². The largest absolute Gasteiger partial charge is 0.143 e. The Bertz CT molecular complexity index is 635. The van der Waals surface area contributed by atoms with Crippen LogP contribution in [0.1, 0.15) is 114 Å². The molecule has 0 unspecified atom stereocenters. The molecule has 2 heteroatoms. The first-order valence-corrected chi connectivity index (χ1v) is 13.7. The minimum absolute atomic E-state index is 1.26. The van der Waals surface area contributed by atoms with E-state index in [9.17, 15) is 0 Å². The molecule has 0 atom stereocenters. The minimum atomic E-state index is 1.26. The first-order valence-electron chi connectivity index (χ1n) is 12.0. The van der Waals surface area contributed by atoms with Crippen molar-refractivity contribution in [3.63, 3.8) is 0 Å². The lowest BCUT2D eigenvalue weighted by atomic mass is 10.0. The monoisotopic (exact) mass is 418 g/mol. The van der Waals surface area contributed by atoms with Crippen molar-refractivity contribution in [3.05, 3.63) is 33.5 Å². The highest BCUT2D eigenvalue weighted by molar-refractivity contribution is 7.21. The van der Waals surface area contributed by atoms with Gasteiger partial charge in [-0.15, -0.1) is 22.7 Å². The highest BCUT2D eigenvalue weighted by Gasteiger charge is 2.15. The number of hydrogen-bond donors (Lipinski definition) is 0. The summed E-state index contributed by atoms with van der Waals surface area (Å²) >= 11 is 4.09. The third kappa shape index (κ3) is 8.03. The van der Waals surface area contributed by atoms with Crippen LogP contribution in [0.2, 0.25) is 0 Å². The molecule has 0 amide bonds. The predicted octanol–water partition coefficient (Wildman–Crippen LogP) is 9.84. The summed E-state index contributed by atoms with van der Waals surface area (Å²) in [5, 5.41) is 2.33. The first kappa shape index (κ1) is 23.7. The quantitative estimate of drug-likeness (QED) is 0.238. The van der Waals surface area contributed by atoms with Gasteiger partial charge >= 0.3 is 0 Å². The molecular formula is C26H42S2. The maximum absolute atomic E-state index is 2.57. The van der Waals surface area contributed by atoms with E-state index in [0.717, 1.165) is 0 Å². The van der Waals surface area contributed by atoms with E-state index in [0.29, 0.717) is 0 Å². The topological polar surface area (TPSA) is 0 Å². The van der Waals surface area contributed by atoms with Crippen LogP contribution in [0.5, 0.6) is 0 Å². The van der Waals surface area contributed by atoms with E-state index >= 15 is 0 Å². The average molecular weight is 419 g/mol. The Hall–Kier alpha value is -0.600. The Balaban J connectivity index is 2.09. The number of unbranched alkanes of at least 4 members (excludes halogenated alkanes) is 9. The van der Waals surface area contributed by atoms with Gasteiger partial charge in [0.2, 0.25) is 0 Å². The Morgan fingerprint density at radius 3 is 1.79 bits per heavy atom. The molecule has 0 nitrogen and oxygen atoms in total. The molecule has 0 aliphatic carbocycles. The zero-order valence-corrected chi connectivity index (χ0v) is 20.3. The van der Waals surface area contributed by atoms with Crippen LogP contribution >= 0.6 is 22.7 Å². The van der Waals surface area contributed by atoms with Crippen LogP contribution in [-0.4, -0.2) is 0 Å². The molecule has 0 radical (unpaired) electrons. The fourth-order valence-electron chi connectivity index (χ4n) is 3.93. The summed E-state index contributed by atoms with van der Waals surface area (Å²) in [6.07, 6.45) is 20.1. The predicted molar refractivity (Wildman–Crippen MR) is 131 cm³/mol. The molecule has 0 N–H and O–H groups in total. The van der Waals surface area contributed by atoms with Crippen molar-refractivity contribution in [1.29, 1.82) is 0 Å². The Labute approximate surface area is 182 Å². The summed E-state index contributed by atoms with van der Waals surface area (Å²) in [4.78, 5) is 4.83. The van der Waals surface area contributed by atoms with Crippen LogP contribution < -0.4 is 0 Å². The van der Waals surface area contributed by atoms with Gasteiger partial charge in [0.05, 0.1) is 0 Å². The maximum atomic E-state index is 2.57. The summed E-state index contributed by atoms with van der Waals surface area (Å²) in [6, 6.07) is 4.96. The van der Waals surface area contributed by atoms with Gasteiger partial charge in [-0.2, -0.15) is 0 Å². The lowest BCUT2D eigenvalue weighted by Gasteiger charge is -2.06. The zero-order valence-electron chi connectivity index (χ0n) is 18.7. The molecule has 2 rings (SSSR count). The fourth-order valence-corrected chi connectivity index (χ4v) is 6.35. The summed E-state index contributed by atoms with van der Waals surface area (Å²) < 4.78 is 0. The molecule has 158 valence electrons. The van der Waals surface area contributed by atoms with Crippen molar-refractivity contribution in [2.75, 3.05) is 0 Å². The highest BCUT2D eigenvalue weighted by atomic mass is 32.1. The zero-order chi connectivity index (χ0) is 20.0. The summed E-state index contributed by atoms with van der Waals surface area (Å²) in [6.45, 7) is 6.91. The van der Waals surface area contributed by atoms with Gasteiger partial charge in [-0.1, -0.05) is 78.6 Å². The van der Waals surface area contributed by atoms with Crippen molar-refractivity contribution >= 4 is 22.7 Å². The molecule has 0 fully saturated rings. The van der Waals surface area contributed by atoms with Crippen molar-refractivity contribution in [1.82, 2.24) is 0 Å². The first-order chi connectivity index (χ1) is 13.8. The third-order valence-electron chi connectivity index (χ3n) is 5.69. The molecule has 0 aliphatic heterocycles. The number of aryl methyl sites for hydroxylation is 3. The molecule has 0 spiro atoms. The number of hydrogen-bond acceptors (Lipinski definition) is 2. The van der Waals surface area contributed by atoms with Crippen LogP contribution in [-0.2, 0) is 19.3 Å². The van der Waals surface area contributed by atoms with Gasteiger partial charge in [-0.05, 0) is 67.2 Å². The SMILES string of the molecule is CCCCCCc1cc(CCCCCC)c(-c2sccc2CCCCCC)s1. The maximum Gasteiger partial charge on any atom is 0.0480 e. The third-order valence-corrected chi connectivity index (χ3v) is 8.05. The van der Waals surface area contributed by atoms with Gasteiger partial charge in [0.25, 0.3) is 0 Å². The Kier molecular flexibility index (Phi) is 12.2. The van der Waals surface area contributed by atoms with Gasteiger partial charge in [-0.3, -0.25) is 0 Å². The molecular weight excluding hydrogens is 376 g/mol. The lowest BCUT2D eigenvalue weighted by Crippen LogP contribution is -1.89. The Morgan fingerprint density at radius 1 is 0.607 bits per heavy atom. The van der Waals surface area contributed by atoms with Crippen LogP contribution in [0.3, 0.4) is 0 Å². The van der Waals surface area contributed by atoms with E-state index in [1.54, 1.807) is 25.8 Å². The van der Waals surface area contributed by atoms with Crippen molar-refractivity contribution in [2.45, 2.75) is 117 Å². The van der Waals surface area contributed by atoms with E-state index in [4.69, 9.17) is 0 Å². The van der Waals surface area contributed by atoms with Crippen molar-refractivity contribution < 1.29 is 0 Å². The average Bonchev–Trinajstić information content (AvgIpc) is 3.32. The molecule has 2 aromatic heterocycles. The molecule has 0 bridgehead atoms. The van der Waals surface area contributed by atoms with Crippen LogP contribution in [0.4, 0.5) is 0 Å². The van der Waals surface area contributed by atoms with E-state index in [-0.39, 0.29) is 0 Å². The second-order valence-corrected chi connectivity index (χ2v) is 10.3. The molecule has 2 aromatic rings. The van der Waals surface area contributed by atoms with E-state index in [1.807, 2.05) is 11.3 Å². The number of rotatable bonds is 16. The molecule has 0 saturated heterocycles. The van der Waals surface area contributed by atoms with Crippen LogP contribution in [0.25, 0.3) is 9.75 Å².